The zero-order chi connectivity index (χ0) is 13.8. The van der Waals surface area contributed by atoms with Crippen molar-refractivity contribution < 1.29 is 4.79 Å². The summed E-state index contributed by atoms with van der Waals surface area (Å²) in [6.07, 6.45) is 3.57. The molecular weight excluding hydrogens is 308 g/mol. The summed E-state index contributed by atoms with van der Waals surface area (Å²) in [5.74, 6) is -0.146. The molecule has 0 saturated carbocycles. The summed E-state index contributed by atoms with van der Waals surface area (Å²) < 4.78 is 2.57. The highest BCUT2D eigenvalue weighted by molar-refractivity contribution is 9.10. The molecule has 1 atom stereocenters. The number of hydrogen-bond donors (Lipinski definition) is 2. The first-order chi connectivity index (χ1) is 9.04. The predicted octanol–water partition coefficient (Wildman–Crippen LogP) is 2.05. The van der Waals surface area contributed by atoms with Crippen molar-refractivity contribution in [2.45, 2.75) is 19.5 Å². The molecule has 0 aliphatic heterocycles. The molecule has 0 aliphatic rings. The lowest BCUT2D eigenvalue weighted by atomic mass is 10.2. The van der Waals surface area contributed by atoms with Crippen molar-refractivity contribution in [2.75, 3.05) is 5.73 Å². The van der Waals surface area contributed by atoms with Crippen molar-refractivity contribution in [1.82, 2.24) is 15.1 Å². The quantitative estimate of drug-likeness (QED) is 0.846. The average molecular weight is 323 g/mol. The van der Waals surface area contributed by atoms with E-state index in [9.17, 15) is 4.79 Å². The zero-order valence-electron chi connectivity index (χ0n) is 10.5. The Morgan fingerprint density at radius 3 is 2.95 bits per heavy atom. The first-order valence-electron chi connectivity index (χ1n) is 5.89. The van der Waals surface area contributed by atoms with Gasteiger partial charge >= 0.3 is 0 Å². The molecular formula is C13H15BrN4O. The molecule has 2 aromatic rings. The van der Waals surface area contributed by atoms with E-state index in [0.29, 0.717) is 17.8 Å². The average Bonchev–Trinajstić information content (AvgIpc) is 2.80. The van der Waals surface area contributed by atoms with E-state index in [1.807, 2.05) is 19.2 Å². The van der Waals surface area contributed by atoms with Gasteiger partial charge in [0, 0.05) is 34.2 Å². The van der Waals surface area contributed by atoms with Crippen LogP contribution in [0.1, 0.15) is 17.3 Å². The van der Waals surface area contributed by atoms with Gasteiger partial charge in [0.15, 0.2) is 0 Å². The van der Waals surface area contributed by atoms with E-state index in [-0.39, 0.29) is 11.9 Å². The van der Waals surface area contributed by atoms with Gasteiger partial charge in [0.1, 0.15) is 0 Å². The van der Waals surface area contributed by atoms with Crippen molar-refractivity contribution in [3.8, 4) is 0 Å². The summed E-state index contributed by atoms with van der Waals surface area (Å²) >= 11 is 3.32. The van der Waals surface area contributed by atoms with Gasteiger partial charge in [-0.15, -0.1) is 0 Å². The number of nitrogens with one attached hydrogen (secondary N) is 1. The van der Waals surface area contributed by atoms with Gasteiger partial charge in [0.2, 0.25) is 0 Å². The first-order valence-corrected chi connectivity index (χ1v) is 6.68. The van der Waals surface area contributed by atoms with E-state index in [1.165, 1.54) is 0 Å². The molecule has 0 bridgehead atoms. The molecule has 2 rings (SSSR count). The standard InChI is InChI=1S/C13H15BrN4O/c1-9(8-18-4-2-3-16-18)17-13(19)10-5-11(14)7-12(15)6-10/h2-7,9H,8,15H2,1H3,(H,17,19). The van der Waals surface area contributed by atoms with Crippen molar-refractivity contribution >= 4 is 27.5 Å². The van der Waals surface area contributed by atoms with Crippen LogP contribution in [0.5, 0.6) is 0 Å². The van der Waals surface area contributed by atoms with Gasteiger partial charge in [-0.25, -0.2) is 0 Å². The number of nitrogen functional groups attached to an aromatic ring is 1. The van der Waals surface area contributed by atoms with Gasteiger partial charge in [0.25, 0.3) is 5.91 Å². The van der Waals surface area contributed by atoms with Gasteiger partial charge < -0.3 is 11.1 Å². The SMILES string of the molecule is CC(Cn1cccn1)NC(=O)c1cc(N)cc(Br)c1. The Morgan fingerprint density at radius 2 is 2.32 bits per heavy atom. The molecule has 3 N–H and O–H groups in total. The smallest absolute Gasteiger partial charge is 0.251 e. The number of aromatic nitrogens is 2. The Balaban J connectivity index is 2.00. The third kappa shape index (κ3) is 3.82. The number of carbonyl (C=O) groups is 1. The van der Waals surface area contributed by atoms with Crippen LogP contribution in [0.3, 0.4) is 0 Å². The normalized spacial score (nSPS) is 12.1. The van der Waals surface area contributed by atoms with Crippen LogP contribution >= 0.6 is 15.9 Å². The Labute approximate surface area is 119 Å². The number of amides is 1. The van der Waals surface area contributed by atoms with Crippen LogP contribution in [0, 0.1) is 0 Å². The van der Waals surface area contributed by atoms with Gasteiger partial charge in [-0.05, 0) is 31.2 Å². The second kappa shape index (κ2) is 5.88. The lowest BCUT2D eigenvalue weighted by molar-refractivity contribution is 0.0936. The minimum absolute atomic E-state index is 0.0207. The van der Waals surface area contributed by atoms with Gasteiger partial charge in [0.05, 0.1) is 6.54 Å². The summed E-state index contributed by atoms with van der Waals surface area (Å²) in [5.41, 5.74) is 6.81. The predicted molar refractivity (Wildman–Crippen MR) is 77.7 cm³/mol. The summed E-state index contributed by atoms with van der Waals surface area (Å²) in [5, 5.41) is 7.02. The van der Waals surface area contributed by atoms with E-state index in [0.717, 1.165) is 4.47 Å². The maximum absolute atomic E-state index is 12.1. The van der Waals surface area contributed by atoms with Crippen LogP contribution in [0.4, 0.5) is 5.69 Å². The Hall–Kier alpha value is -1.82. The molecule has 0 saturated heterocycles. The van der Waals surface area contributed by atoms with Crippen molar-refractivity contribution in [1.29, 1.82) is 0 Å². The molecule has 6 heteroatoms. The van der Waals surface area contributed by atoms with Crippen molar-refractivity contribution in [3.63, 3.8) is 0 Å². The number of nitrogens with zero attached hydrogens (tertiary/aromatic N) is 2. The van der Waals surface area contributed by atoms with Gasteiger partial charge in [-0.3, -0.25) is 9.48 Å². The Kier molecular flexibility index (Phi) is 4.21. The summed E-state index contributed by atoms with van der Waals surface area (Å²) in [4.78, 5) is 12.1. The molecule has 19 heavy (non-hydrogen) atoms. The number of rotatable bonds is 4. The van der Waals surface area contributed by atoms with Crippen LogP contribution < -0.4 is 11.1 Å². The lowest BCUT2D eigenvalue weighted by Gasteiger charge is -2.14. The van der Waals surface area contributed by atoms with Gasteiger partial charge in [-0.2, -0.15) is 5.10 Å². The van der Waals surface area contributed by atoms with Crippen molar-refractivity contribution in [3.05, 3.63) is 46.7 Å². The second-order valence-electron chi connectivity index (χ2n) is 4.38. The van der Waals surface area contributed by atoms with Crippen molar-refractivity contribution in [2.24, 2.45) is 0 Å². The highest BCUT2D eigenvalue weighted by Gasteiger charge is 2.11. The molecule has 0 aliphatic carbocycles. The van der Waals surface area contributed by atoms with Crippen LogP contribution in [-0.4, -0.2) is 21.7 Å². The maximum Gasteiger partial charge on any atom is 0.251 e. The maximum atomic E-state index is 12.1. The van der Waals surface area contributed by atoms with E-state index < -0.39 is 0 Å². The summed E-state index contributed by atoms with van der Waals surface area (Å²) in [6, 6.07) is 6.98. The van der Waals surface area contributed by atoms with Crippen LogP contribution in [0.2, 0.25) is 0 Å². The molecule has 1 aromatic heterocycles. The van der Waals surface area contributed by atoms with E-state index in [1.54, 1.807) is 29.1 Å². The Morgan fingerprint density at radius 1 is 1.53 bits per heavy atom. The summed E-state index contributed by atoms with van der Waals surface area (Å²) in [7, 11) is 0. The largest absolute Gasteiger partial charge is 0.399 e. The topological polar surface area (TPSA) is 72.9 Å². The molecule has 0 spiro atoms. The van der Waals surface area contributed by atoms with Crippen LogP contribution in [0.15, 0.2) is 41.1 Å². The number of benzene rings is 1. The third-order valence-electron chi connectivity index (χ3n) is 2.58. The Bertz CT molecular complexity index is 548. The van der Waals surface area contributed by atoms with E-state index in [2.05, 4.69) is 26.3 Å². The minimum Gasteiger partial charge on any atom is -0.399 e. The second-order valence-corrected chi connectivity index (χ2v) is 5.29. The molecule has 0 radical (unpaired) electrons. The minimum atomic E-state index is -0.146. The van der Waals surface area contributed by atoms with E-state index >= 15 is 0 Å². The zero-order valence-corrected chi connectivity index (χ0v) is 12.1. The molecule has 1 aromatic carbocycles. The number of anilines is 1. The van der Waals surface area contributed by atoms with Crippen LogP contribution in [0.25, 0.3) is 0 Å². The summed E-state index contributed by atoms with van der Waals surface area (Å²) in [6.45, 7) is 2.56. The molecule has 5 nitrogen and oxygen atoms in total. The number of carbonyl (C=O) groups excluding carboxylic acids is 1. The number of halogens is 1. The molecule has 1 unspecified atom stereocenters. The highest BCUT2D eigenvalue weighted by Crippen LogP contribution is 2.17. The number of nitrogens with two attached hydrogens (primary N) is 1. The highest BCUT2D eigenvalue weighted by atomic mass is 79.9. The molecule has 1 amide bonds. The van der Waals surface area contributed by atoms with Gasteiger partial charge in [-0.1, -0.05) is 15.9 Å². The fourth-order valence-corrected chi connectivity index (χ4v) is 2.30. The monoisotopic (exact) mass is 322 g/mol. The number of hydrogen-bond acceptors (Lipinski definition) is 3. The lowest BCUT2D eigenvalue weighted by Crippen LogP contribution is -2.35. The third-order valence-corrected chi connectivity index (χ3v) is 3.04. The van der Waals surface area contributed by atoms with E-state index in [4.69, 9.17) is 5.73 Å². The first kappa shape index (κ1) is 13.6. The van der Waals surface area contributed by atoms with Crippen LogP contribution in [-0.2, 0) is 6.54 Å². The fourth-order valence-electron chi connectivity index (χ4n) is 1.79. The molecule has 100 valence electrons. The molecule has 0 fully saturated rings. The molecule has 1 heterocycles. The fraction of sp³-hybridized carbons (Fsp3) is 0.231.